The molecule has 0 unspecified atom stereocenters. The molecular weight excluding hydrogens is 232 g/mol. The first-order valence-electron chi connectivity index (χ1n) is 7.03. The van der Waals surface area contributed by atoms with E-state index in [-0.39, 0.29) is 5.92 Å². The van der Waals surface area contributed by atoms with Crippen molar-refractivity contribution in [2.75, 3.05) is 52.5 Å². The summed E-state index contributed by atoms with van der Waals surface area (Å²) in [4.78, 5) is 16.8. The molecular formula is C13H22N2O3. The van der Waals surface area contributed by atoms with Gasteiger partial charge in [0.1, 0.15) is 0 Å². The third kappa shape index (κ3) is 3.02. The summed E-state index contributed by atoms with van der Waals surface area (Å²) in [5, 5.41) is 0. The summed E-state index contributed by atoms with van der Waals surface area (Å²) in [5.74, 6) is 0.523. The lowest BCUT2D eigenvalue weighted by molar-refractivity contribution is -0.141. The zero-order valence-corrected chi connectivity index (χ0v) is 10.8. The number of hydrogen-bond donors (Lipinski definition) is 0. The van der Waals surface area contributed by atoms with Crippen molar-refractivity contribution in [1.82, 2.24) is 9.80 Å². The maximum absolute atomic E-state index is 12.4. The second-order valence-corrected chi connectivity index (χ2v) is 5.49. The quantitative estimate of drug-likeness (QED) is 0.663. The van der Waals surface area contributed by atoms with Crippen molar-refractivity contribution in [2.24, 2.45) is 5.92 Å². The minimum Gasteiger partial charge on any atom is -0.378 e. The van der Waals surface area contributed by atoms with Crippen molar-refractivity contribution in [3.8, 4) is 0 Å². The fraction of sp³-hybridized carbons (Fsp3) is 0.923. The van der Waals surface area contributed by atoms with Crippen molar-refractivity contribution in [3.63, 3.8) is 0 Å². The van der Waals surface area contributed by atoms with Gasteiger partial charge in [0.25, 0.3) is 0 Å². The molecule has 18 heavy (non-hydrogen) atoms. The van der Waals surface area contributed by atoms with Gasteiger partial charge in [0.2, 0.25) is 5.91 Å². The minimum atomic E-state index is 0.190. The van der Waals surface area contributed by atoms with Gasteiger partial charge in [-0.05, 0) is 19.4 Å². The molecule has 0 aliphatic carbocycles. The zero-order chi connectivity index (χ0) is 12.4. The Balaban J connectivity index is 1.51. The fourth-order valence-corrected chi connectivity index (χ4v) is 2.93. The summed E-state index contributed by atoms with van der Waals surface area (Å²) < 4.78 is 10.6. The Morgan fingerprint density at radius 1 is 1.22 bits per heavy atom. The molecule has 5 heteroatoms. The Hall–Kier alpha value is -0.650. The van der Waals surface area contributed by atoms with E-state index in [0.29, 0.717) is 25.2 Å². The molecule has 3 fully saturated rings. The molecule has 102 valence electrons. The number of morpholine rings is 1. The summed E-state index contributed by atoms with van der Waals surface area (Å²) in [7, 11) is 0. The number of likely N-dealkylation sites (tertiary alicyclic amines) is 1. The van der Waals surface area contributed by atoms with Gasteiger partial charge < -0.3 is 14.4 Å². The van der Waals surface area contributed by atoms with Gasteiger partial charge in [-0.25, -0.2) is 0 Å². The predicted octanol–water partition coefficient (Wildman–Crippen LogP) is -0.0440. The number of ether oxygens (including phenoxy) is 2. The van der Waals surface area contributed by atoms with Gasteiger partial charge in [-0.1, -0.05) is 0 Å². The first kappa shape index (κ1) is 12.4. The fourth-order valence-electron chi connectivity index (χ4n) is 2.93. The maximum atomic E-state index is 12.4. The number of rotatable bonds is 3. The first-order chi connectivity index (χ1) is 8.83. The average Bonchev–Trinajstić information content (AvgIpc) is 3.23. The van der Waals surface area contributed by atoms with Crippen molar-refractivity contribution >= 4 is 5.91 Å². The van der Waals surface area contributed by atoms with Crippen molar-refractivity contribution in [3.05, 3.63) is 0 Å². The Morgan fingerprint density at radius 3 is 2.72 bits per heavy atom. The van der Waals surface area contributed by atoms with E-state index in [0.717, 1.165) is 52.2 Å². The summed E-state index contributed by atoms with van der Waals surface area (Å²) in [5.41, 5.74) is 0. The van der Waals surface area contributed by atoms with Crippen molar-refractivity contribution in [1.29, 1.82) is 0 Å². The normalized spacial score (nSPS) is 33.4. The van der Waals surface area contributed by atoms with E-state index in [2.05, 4.69) is 4.90 Å². The summed E-state index contributed by atoms with van der Waals surface area (Å²) in [6.45, 7) is 6.85. The van der Waals surface area contributed by atoms with E-state index < -0.39 is 0 Å². The zero-order valence-electron chi connectivity index (χ0n) is 10.8. The molecule has 1 amide bonds. The van der Waals surface area contributed by atoms with Crippen LogP contribution in [0, 0.1) is 5.92 Å². The van der Waals surface area contributed by atoms with Crippen molar-refractivity contribution in [2.45, 2.75) is 18.9 Å². The third-order valence-corrected chi connectivity index (χ3v) is 4.04. The van der Waals surface area contributed by atoms with Crippen LogP contribution in [0.1, 0.15) is 12.8 Å². The SMILES string of the molecule is O=C([C@@H]1CCCN(C[C@H]2CO2)C1)N1CCOCC1. The van der Waals surface area contributed by atoms with Gasteiger partial charge in [0.15, 0.2) is 0 Å². The number of hydrogen-bond acceptors (Lipinski definition) is 4. The molecule has 2 atom stereocenters. The maximum Gasteiger partial charge on any atom is 0.227 e. The number of amides is 1. The molecule has 0 saturated carbocycles. The van der Waals surface area contributed by atoms with Crippen LogP contribution < -0.4 is 0 Å². The lowest BCUT2D eigenvalue weighted by atomic mass is 9.96. The minimum absolute atomic E-state index is 0.190. The highest BCUT2D eigenvalue weighted by Gasteiger charge is 2.33. The summed E-state index contributed by atoms with van der Waals surface area (Å²) in [6, 6.07) is 0. The Labute approximate surface area is 108 Å². The number of nitrogens with zero attached hydrogens (tertiary/aromatic N) is 2. The van der Waals surface area contributed by atoms with Crippen LogP contribution in [0.25, 0.3) is 0 Å². The van der Waals surface area contributed by atoms with Crippen LogP contribution in [0.2, 0.25) is 0 Å². The number of epoxide rings is 1. The Kier molecular flexibility index (Phi) is 3.82. The largest absolute Gasteiger partial charge is 0.378 e. The highest BCUT2D eigenvalue weighted by Crippen LogP contribution is 2.21. The molecule has 3 saturated heterocycles. The van der Waals surface area contributed by atoms with Crippen LogP contribution >= 0.6 is 0 Å². The van der Waals surface area contributed by atoms with Gasteiger partial charge >= 0.3 is 0 Å². The molecule has 0 bridgehead atoms. The smallest absolute Gasteiger partial charge is 0.227 e. The van der Waals surface area contributed by atoms with E-state index >= 15 is 0 Å². The van der Waals surface area contributed by atoms with Gasteiger partial charge in [0.05, 0.1) is 31.8 Å². The van der Waals surface area contributed by atoms with Crippen LogP contribution in [0.3, 0.4) is 0 Å². The highest BCUT2D eigenvalue weighted by molar-refractivity contribution is 5.79. The van der Waals surface area contributed by atoms with E-state index in [1.54, 1.807) is 0 Å². The van der Waals surface area contributed by atoms with Gasteiger partial charge in [-0.3, -0.25) is 9.69 Å². The van der Waals surface area contributed by atoms with Gasteiger partial charge in [0, 0.05) is 26.2 Å². The van der Waals surface area contributed by atoms with Crippen LogP contribution in [0.4, 0.5) is 0 Å². The highest BCUT2D eigenvalue weighted by atomic mass is 16.6. The Bertz CT molecular complexity index is 301. The molecule has 3 heterocycles. The van der Waals surface area contributed by atoms with Crippen LogP contribution in [-0.4, -0.2) is 74.4 Å². The molecule has 0 aromatic carbocycles. The molecule has 0 aromatic rings. The molecule has 0 N–H and O–H groups in total. The molecule has 3 aliphatic rings. The molecule has 3 aliphatic heterocycles. The summed E-state index contributed by atoms with van der Waals surface area (Å²) >= 11 is 0. The standard InChI is InChI=1S/C13H22N2O3/c16-13(15-4-6-17-7-5-15)11-2-1-3-14(8-11)9-12-10-18-12/h11-12H,1-10H2/t11-,12+/m1/s1. The van der Waals surface area contributed by atoms with Crippen LogP contribution in [0.15, 0.2) is 0 Å². The average molecular weight is 254 g/mol. The van der Waals surface area contributed by atoms with E-state index in [1.807, 2.05) is 4.90 Å². The predicted molar refractivity (Wildman–Crippen MR) is 66.3 cm³/mol. The molecule has 0 aromatic heterocycles. The Morgan fingerprint density at radius 2 is 2.00 bits per heavy atom. The topological polar surface area (TPSA) is 45.3 Å². The number of piperidine rings is 1. The molecule has 0 radical (unpaired) electrons. The monoisotopic (exact) mass is 254 g/mol. The van der Waals surface area contributed by atoms with E-state index in [9.17, 15) is 4.79 Å². The second kappa shape index (κ2) is 5.55. The van der Waals surface area contributed by atoms with Crippen LogP contribution in [0.5, 0.6) is 0 Å². The lowest BCUT2D eigenvalue weighted by Gasteiger charge is -2.36. The van der Waals surface area contributed by atoms with E-state index in [1.165, 1.54) is 0 Å². The second-order valence-electron chi connectivity index (χ2n) is 5.49. The number of carbonyl (C=O) groups is 1. The summed E-state index contributed by atoms with van der Waals surface area (Å²) in [6.07, 6.45) is 2.60. The molecule has 5 nitrogen and oxygen atoms in total. The van der Waals surface area contributed by atoms with E-state index in [4.69, 9.17) is 9.47 Å². The lowest BCUT2D eigenvalue weighted by Crippen LogP contribution is -2.48. The van der Waals surface area contributed by atoms with Gasteiger partial charge in [-0.15, -0.1) is 0 Å². The third-order valence-electron chi connectivity index (χ3n) is 4.04. The molecule has 3 rings (SSSR count). The van der Waals surface area contributed by atoms with Gasteiger partial charge in [-0.2, -0.15) is 0 Å². The van der Waals surface area contributed by atoms with Crippen LogP contribution in [-0.2, 0) is 14.3 Å². The first-order valence-corrected chi connectivity index (χ1v) is 7.03. The van der Waals surface area contributed by atoms with Crippen molar-refractivity contribution < 1.29 is 14.3 Å². The number of carbonyl (C=O) groups excluding carboxylic acids is 1. The molecule has 0 spiro atoms.